The summed E-state index contributed by atoms with van der Waals surface area (Å²) in [4.78, 5) is 11.5. The van der Waals surface area contributed by atoms with Gasteiger partial charge in [-0.15, -0.1) is 0 Å². The quantitative estimate of drug-likeness (QED) is 0.651. The van der Waals surface area contributed by atoms with E-state index in [0.29, 0.717) is 12.3 Å². The molecular weight excluding hydrogens is 188 g/mol. The van der Waals surface area contributed by atoms with Gasteiger partial charge in [0.15, 0.2) is 0 Å². The molecule has 2 unspecified atom stereocenters. The summed E-state index contributed by atoms with van der Waals surface area (Å²) in [6, 6.07) is 0. The Morgan fingerprint density at radius 1 is 1.27 bits per heavy atom. The van der Waals surface area contributed by atoms with E-state index < -0.39 is 0 Å². The zero-order valence-corrected chi connectivity index (χ0v) is 11.1. The minimum Gasteiger partial charge on any atom is -0.463 e. The van der Waals surface area contributed by atoms with E-state index in [1.807, 2.05) is 6.92 Å². The van der Waals surface area contributed by atoms with E-state index in [1.54, 1.807) is 0 Å². The van der Waals surface area contributed by atoms with Gasteiger partial charge in [-0.3, -0.25) is 4.79 Å². The number of hydrogen-bond acceptors (Lipinski definition) is 2. The predicted molar refractivity (Wildman–Crippen MR) is 63.7 cm³/mol. The third-order valence-corrected chi connectivity index (χ3v) is 2.44. The predicted octanol–water partition coefficient (Wildman–Crippen LogP) is 3.79. The topological polar surface area (TPSA) is 26.3 Å². The Kier molecular flexibility index (Phi) is 5.92. The van der Waals surface area contributed by atoms with Gasteiger partial charge in [0.25, 0.3) is 0 Å². The smallest absolute Gasteiger partial charge is 0.306 e. The summed E-state index contributed by atoms with van der Waals surface area (Å²) in [7, 11) is 0. The van der Waals surface area contributed by atoms with Gasteiger partial charge >= 0.3 is 5.97 Å². The molecule has 0 amide bonds. The third kappa shape index (κ3) is 8.46. The average Bonchev–Trinajstić information content (AvgIpc) is 1.99. The molecule has 15 heavy (non-hydrogen) atoms. The van der Waals surface area contributed by atoms with Gasteiger partial charge in [0.2, 0.25) is 0 Å². The molecule has 0 saturated heterocycles. The normalized spacial score (nSPS) is 15.9. The van der Waals surface area contributed by atoms with E-state index in [1.165, 1.54) is 0 Å². The van der Waals surface area contributed by atoms with E-state index in [0.717, 1.165) is 12.8 Å². The van der Waals surface area contributed by atoms with Crippen LogP contribution in [-0.2, 0) is 9.53 Å². The molecule has 0 N–H and O–H groups in total. The number of esters is 1. The van der Waals surface area contributed by atoms with E-state index in [-0.39, 0.29) is 17.5 Å². The van der Waals surface area contributed by atoms with Crippen molar-refractivity contribution in [1.29, 1.82) is 0 Å². The molecule has 0 rings (SSSR count). The molecule has 0 aromatic heterocycles. The van der Waals surface area contributed by atoms with Crippen molar-refractivity contribution < 1.29 is 9.53 Å². The second-order valence-corrected chi connectivity index (χ2v) is 5.78. The lowest BCUT2D eigenvalue weighted by Gasteiger charge is -2.23. The van der Waals surface area contributed by atoms with E-state index in [9.17, 15) is 4.79 Å². The second-order valence-electron chi connectivity index (χ2n) is 5.78. The molecule has 2 nitrogen and oxygen atoms in total. The molecule has 0 bridgehead atoms. The Morgan fingerprint density at radius 2 is 1.80 bits per heavy atom. The molecular formula is C13H26O2. The third-order valence-electron chi connectivity index (χ3n) is 2.44. The molecule has 0 aliphatic heterocycles. The van der Waals surface area contributed by atoms with Crippen LogP contribution in [-0.4, -0.2) is 12.1 Å². The lowest BCUT2D eigenvalue weighted by molar-refractivity contribution is -0.150. The first-order valence-electron chi connectivity index (χ1n) is 5.94. The van der Waals surface area contributed by atoms with Gasteiger partial charge in [-0.1, -0.05) is 41.0 Å². The maximum absolute atomic E-state index is 11.5. The molecule has 0 spiro atoms. The number of carbonyl (C=O) groups is 1. The second kappa shape index (κ2) is 6.14. The van der Waals surface area contributed by atoms with Gasteiger partial charge in [0.1, 0.15) is 0 Å². The van der Waals surface area contributed by atoms with Crippen molar-refractivity contribution in [1.82, 2.24) is 0 Å². The first kappa shape index (κ1) is 14.5. The minimum atomic E-state index is -0.0545. The molecule has 0 aromatic rings. The minimum absolute atomic E-state index is 0.0292. The van der Waals surface area contributed by atoms with E-state index >= 15 is 0 Å². The number of carbonyl (C=O) groups excluding carboxylic acids is 1. The summed E-state index contributed by atoms with van der Waals surface area (Å²) in [5.41, 5.74) is 0.218. The maximum atomic E-state index is 11.5. The Hall–Kier alpha value is -0.530. The highest BCUT2D eigenvalue weighted by Gasteiger charge is 2.18. The van der Waals surface area contributed by atoms with Gasteiger partial charge in [0.05, 0.1) is 6.10 Å². The zero-order chi connectivity index (χ0) is 12.1. The fraction of sp³-hybridized carbons (Fsp3) is 0.923. The van der Waals surface area contributed by atoms with Gasteiger partial charge in [-0.05, 0) is 24.7 Å². The fourth-order valence-electron chi connectivity index (χ4n) is 1.61. The first-order chi connectivity index (χ1) is 6.74. The summed E-state index contributed by atoms with van der Waals surface area (Å²) < 4.78 is 5.36. The van der Waals surface area contributed by atoms with Gasteiger partial charge in [0, 0.05) is 6.42 Å². The van der Waals surface area contributed by atoms with Crippen LogP contribution in [0.2, 0.25) is 0 Å². The summed E-state index contributed by atoms with van der Waals surface area (Å²) in [6.45, 7) is 12.6. The molecule has 90 valence electrons. The summed E-state index contributed by atoms with van der Waals surface area (Å²) in [6.07, 6.45) is 2.52. The van der Waals surface area contributed by atoms with Crippen molar-refractivity contribution in [3.63, 3.8) is 0 Å². The van der Waals surface area contributed by atoms with Crippen LogP contribution in [0.5, 0.6) is 0 Å². The van der Waals surface area contributed by atoms with Crippen LogP contribution in [0.3, 0.4) is 0 Å². The molecule has 2 heteroatoms. The van der Waals surface area contributed by atoms with Crippen LogP contribution in [0.25, 0.3) is 0 Å². The lowest BCUT2D eigenvalue weighted by atomic mass is 9.90. The molecule has 2 atom stereocenters. The summed E-state index contributed by atoms with van der Waals surface area (Å²) in [5, 5.41) is 0. The first-order valence-corrected chi connectivity index (χ1v) is 5.94. The average molecular weight is 214 g/mol. The highest BCUT2D eigenvalue weighted by molar-refractivity contribution is 5.69. The number of hydrogen-bond donors (Lipinski definition) is 0. The van der Waals surface area contributed by atoms with Crippen molar-refractivity contribution in [2.45, 2.75) is 66.9 Å². The SMILES string of the molecule is CCC(C)CC(=O)OC(C)CC(C)(C)C. The number of ether oxygens (including phenoxy) is 1. The van der Waals surface area contributed by atoms with Crippen molar-refractivity contribution >= 4 is 5.97 Å². The Labute approximate surface area is 94.4 Å². The van der Waals surface area contributed by atoms with Gasteiger partial charge in [-0.25, -0.2) is 0 Å². The summed E-state index contributed by atoms with van der Waals surface area (Å²) >= 11 is 0. The zero-order valence-electron chi connectivity index (χ0n) is 11.1. The molecule has 0 fully saturated rings. The highest BCUT2D eigenvalue weighted by atomic mass is 16.5. The van der Waals surface area contributed by atoms with Crippen molar-refractivity contribution in [2.24, 2.45) is 11.3 Å². The van der Waals surface area contributed by atoms with Crippen LogP contribution in [0.15, 0.2) is 0 Å². The largest absolute Gasteiger partial charge is 0.463 e. The molecule has 0 aliphatic rings. The Morgan fingerprint density at radius 3 is 2.20 bits per heavy atom. The van der Waals surface area contributed by atoms with Crippen molar-refractivity contribution in [3.05, 3.63) is 0 Å². The fourth-order valence-corrected chi connectivity index (χ4v) is 1.61. The standard InChI is InChI=1S/C13H26O2/c1-7-10(2)8-12(14)15-11(3)9-13(4,5)6/h10-11H,7-9H2,1-6H3. The highest BCUT2D eigenvalue weighted by Crippen LogP contribution is 2.22. The van der Waals surface area contributed by atoms with Crippen LogP contribution in [0.1, 0.15) is 60.8 Å². The van der Waals surface area contributed by atoms with Crippen LogP contribution >= 0.6 is 0 Å². The molecule has 0 aliphatic carbocycles. The Balaban J connectivity index is 3.87. The van der Waals surface area contributed by atoms with Gasteiger partial charge in [-0.2, -0.15) is 0 Å². The van der Waals surface area contributed by atoms with Crippen molar-refractivity contribution in [3.8, 4) is 0 Å². The maximum Gasteiger partial charge on any atom is 0.306 e. The van der Waals surface area contributed by atoms with E-state index in [4.69, 9.17) is 4.74 Å². The Bertz CT molecular complexity index is 191. The molecule has 0 saturated carbocycles. The molecule has 0 aromatic carbocycles. The van der Waals surface area contributed by atoms with Crippen LogP contribution in [0.4, 0.5) is 0 Å². The van der Waals surface area contributed by atoms with Crippen molar-refractivity contribution in [2.75, 3.05) is 0 Å². The van der Waals surface area contributed by atoms with Gasteiger partial charge < -0.3 is 4.74 Å². The molecule has 0 heterocycles. The van der Waals surface area contributed by atoms with Crippen LogP contribution < -0.4 is 0 Å². The summed E-state index contributed by atoms with van der Waals surface area (Å²) in [5.74, 6) is 0.375. The lowest BCUT2D eigenvalue weighted by Crippen LogP contribution is -2.22. The number of rotatable bonds is 5. The molecule has 0 radical (unpaired) electrons. The van der Waals surface area contributed by atoms with Crippen LogP contribution in [0, 0.1) is 11.3 Å². The van der Waals surface area contributed by atoms with E-state index in [2.05, 4.69) is 34.6 Å². The monoisotopic (exact) mass is 214 g/mol.